The molecule has 0 aliphatic rings. The fraction of sp³-hybridized carbons (Fsp3) is 0.263. The molecule has 0 atom stereocenters. The number of carbonyl (C=O) groups is 1. The molecule has 0 unspecified atom stereocenters. The Morgan fingerprint density at radius 3 is 2.76 bits per heavy atom. The summed E-state index contributed by atoms with van der Waals surface area (Å²) in [6.07, 6.45) is 0.839. The highest BCUT2D eigenvalue weighted by atomic mass is 79.9. The maximum atomic E-state index is 14.2. The molecule has 0 fully saturated rings. The van der Waals surface area contributed by atoms with Crippen molar-refractivity contribution in [2.24, 2.45) is 0 Å². The van der Waals surface area contributed by atoms with Crippen LogP contribution in [0.1, 0.15) is 29.5 Å². The van der Waals surface area contributed by atoms with Crippen molar-refractivity contribution in [2.75, 3.05) is 19.0 Å². The summed E-state index contributed by atoms with van der Waals surface area (Å²) in [5, 5.41) is 13.8. The molecule has 3 rings (SSSR count). The standard InChI is InChI=1S/C19H19BrFN5O3/c1-4-7-29-18-14(20)8-12(9-17(18)28-3)19(27)22-13-5-6-15(21)16(10-13)26-11(2)23-24-25-26/h5-6,8-10H,4,7H2,1-3H3,(H,22,27). The number of amides is 1. The van der Waals surface area contributed by atoms with Crippen LogP contribution in [0.3, 0.4) is 0 Å². The third kappa shape index (κ3) is 4.53. The lowest BCUT2D eigenvalue weighted by atomic mass is 10.1. The van der Waals surface area contributed by atoms with E-state index in [4.69, 9.17) is 9.47 Å². The smallest absolute Gasteiger partial charge is 0.255 e. The van der Waals surface area contributed by atoms with Crippen molar-refractivity contribution in [1.82, 2.24) is 20.2 Å². The molecule has 29 heavy (non-hydrogen) atoms. The molecule has 0 radical (unpaired) electrons. The SMILES string of the molecule is CCCOc1c(Br)cc(C(=O)Nc2ccc(F)c(-n3nnnc3C)c2)cc1OC. The van der Waals surface area contributed by atoms with Gasteiger partial charge < -0.3 is 14.8 Å². The minimum Gasteiger partial charge on any atom is -0.493 e. The molecule has 0 bridgehead atoms. The molecule has 1 aromatic heterocycles. The number of halogens is 2. The van der Waals surface area contributed by atoms with Gasteiger partial charge in [0.2, 0.25) is 0 Å². The summed E-state index contributed by atoms with van der Waals surface area (Å²) in [6.45, 7) is 4.17. The van der Waals surface area contributed by atoms with Crippen molar-refractivity contribution < 1.29 is 18.7 Å². The molecular weight excluding hydrogens is 445 g/mol. The first-order valence-electron chi connectivity index (χ1n) is 8.81. The molecule has 3 aromatic rings. The fourth-order valence-corrected chi connectivity index (χ4v) is 3.16. The summed E-state index contributed by atoms with van der Waals surface area (Å²) >= 11 is 3.42. The van der Waals surface area contributed by atoms with E-state index in [1.165, 1.54) is 30.0 Å². The van der Waals surface area contributed by atoms with E-state index in [2.05, 4.69) is 36.8 Å². The maximum Gasteiger partial charge on any atom is 0.255 e. The number of nitrogens with one attached hydrogen (secondary N) is 1. The van der Waals surface area contributed by atoms with E-state index in [9.17, 15) is 9.18 Å². The van der Waals surface area contributed by atoms with Crippen molar-refractivity contribution in [3.63, 3.8) is 0 Å². The van der Waals surface area contributed by atoms with Crippen molar-refractivity contribution in [1.29, 1.82) is 0 Å². The molecule has 0 aliphatic carbocycles. The monoisotopic (exact) mass is 463 g/mol. The lowest BCUT2D eigenvalue weighted by Gasteiger charge is -2.14. The Bertz CT molecular complexity index is 1040. The minimum atomic E-state index is -0.514. The normalized spacial score (nSPS) is 10.7. The van der Waals surface area contributed by atoms with Gasteiger partial charge in [-0.3, -0.25) is 4.79 Å². The molecule has 1 amide bonds. The second-order valence-corrected chi connectivity index (χ2v) is 6.95. The molecule has 152 valence electrons. The van der Waals surface area contributed by atoms with Crippen molar-refractivity contribution in [2.45, 2.75) is 20.3 Å². The highest BCUT2D eigenvalue weighted by Gasteiger charge is 2.17. The van der Waals surface area contributed by atoms with E-state index in [1.54, 1.807) is 19.1 Å². The van der Waals surface area contributed by atoms with Gasteiger partial charge in [0.25, 0.3) is 5.91 Å². The van der Waals surface area contributed by atoms with Gasteiger partial charge in [0, 0.05) is 11.3 Å². The Morgan fingerprint density at radius 1 is 1.31 bits per heavy atom. The van der Waals surface area contributed by atoms with Gasteiger partial charge in [-0.25, -0.2) is 4.39 Å². The van der Waals surface area contributed by atoms with Gasteiger partial charge in [0.05, 0.1) is 18.2 Å². The van der Waals surface area contributed by atoms with Crippen molar-refractivity contribution in [3.8, 4) is 17.2 Å². The zero-order chi connectivity index (χ0) is 21.0. The first-order valence-corrected chi connectivity index (χ1v) is 9.60. The van der Waals surface area contributed by atoms with Gasteiger partial charge in [-0.2, -0.15) is 4.68 Å². The molecule has 0 saturated carbocycles. The van der Waals surface area contributed by atoms with Crippen LogP contribution in [-0.4, -0.2) is 39.8 Å². The number of tetrazole rings is 1. The van der Waals surface area contributed by atoms with Crippen molar-refractivity contribution >= 4 is 27.5 Å². The highest BCUT2D eigenvalue weighted by molar-refractivity contribution is 9.10. The third-order valence-electron chi connectivity index (χ3n) is 4.00. The number of hydrogen-bond acceptors (Lipinski definition) is 6. The Balaban J connectivity index is 1.87. The quantitative estimate of drug-likeness (QED) is 0.570. The Labute approximate surface area is 175 Å². The Morgan fingerprint density at radius 2 is 2.10 bits per heavy atom. The molecule has 0 aliphatic heterocycles. The van der Waals surface area contributed by atoms with Crippen LogP contribution in [0.2, 0.25) is 0 Å². The number of rotatable bonds is 7. The lowest BCUT2D eigenvalue weighted by Crippen LogP contribution is -2.13. The van der Waals surface area contributed by atoms with E-state index < -0.39 is 11.7 Å². The van der Waals surface area contributed by atoms with Crippen LogP contribution in [0.4, 0.5) is 10.1 Å². The van der Waals surface area contributed by atoms with Crippen LogP contribution < -0.4 is 14.8 Å². The molecule has 1 N–H and O–H groups in total. The van der Waals surface area contributed by atoms with E-state index in [1.807, 2.05) is 6.92 Å². The number of carbonyl (C=O) groups excluding carboxylic acids is 1. The van der Waals surface area contributed by atoms with Crippen LogP contribution in [0, 0.1) is 12.7 Å². The van der Waals surface area contributed by atoms with Crippen molar-refractivity contribution in [3.05, 3.63) is 52.0 Å². The van der Waals surface area contributed by atoms with E-state index in [0.717, 1.165) is 6.42 Å². The summed E-state index contributed by atoms with van der Waals surface area (Å²) < 4.78 is 27.1. The zero-order valence-corrected chi connectivity index (χ0v) is 17.7. The highest BCUT2D eigenvalue weighted by Crippen LogP contribution is 2.37. The van der Waals surface area contributed by atoms with Crippen LogP contribution in [0.25, 0.3) is 5.69 Å². The maximum absolute atomic E-state index is 14.2. The molecule has 0 spiro atoms. The van der Waals surface area contributed by atoms with Gasteiger partial charge in [-0.1, -0.05) is 6.92 Å². The number of aryl methyl sites for hydroxylation is 1. The van der Waals surface area contributed by atoms with Crippen LogP contribution in [-0.2, 0) is 0 Å². The number of ether oxygens (including phenoxy) is 2. The van der Waals surface area contributed by atoms with Crippen LogP contribution in [0.5, 0.6) is 11.5 Å². The Hall–Kier alpha value is -3.01. The van der Waals surface area contributed by atoms with E-state index >= 15 is 0 Å². The average Bonchev–Trinajstić information content (AvgIpc) is 3.13. The van der Waals surface area contributed by atoms with Gasteiger partial charge in [0.15, 0.2) is 17.3 Å². The van der Waals surface area contributed by atoms with Gasteiger partial charge in [-0.05, 0) is 70.0 Å². The minimum absolute atomic E-state index is 0.132. The summed E-state index contributed by atoms with van der Waals surface area (Å²) in [5.41, 5.74) is 0.872. The van der Waals surface area contributed by atoms with E-state index in [-0.39, 0.29) is 5.69 Å². The van der Waals surface area contributed by atoms with Crippen LogP contribution in [0.15, 0.2) is 34.8 Å². The number of methoxy groups -OCH3 is 1. The third-order valence-corrected chi connectivity index (χ3v) is 4.59. The van der Waals surface area contributed by atoms with Gasteiger partial charge in [0.1, 0.15) is 11.5 Å². The largest absolute Gasteiger partial charge is 0.493 e. The summed E-state index contributed by atoms with van der Waals surface area (Å²) in [4.78, 5) is 12.7. The second-order valence-electron chi connectivity index (χ2n) is 6.10. The lowest BCUT2D eigenvalue weighted by molar-refractivity contribution is 0.102. The molecule has 10 heteroatoms. The first-order chi connectivity index (χ1) is 13.9. The fourth-order valence-electron chi connectivity index (χ4n) is 2.61. The summed E-state index contributed by atoms with van der Waals surface area (Å²) in [6, 6.07) is 7.38. The first kappa shape index (κ1) is 20.7. The predicted octanol–water partition coefficient (Wildman–Crippen LogP) is 3.92. The topological polar surface area (TPSA) is 91.2 Å². The number of aromatic nitrogens is 4. The number of anilines is 1. The zero-order valence-electron chi connectivity index (χ0n) is 16.1. The van der Waals surface area contributed by atoms with Gasteiger partial charge in [-0.15, -0.1) is 5.10 Å². The molecule has 2 aromatic carbocycles. The number of benzene rings is 2. The summed E-state index contributed by atoms with van der Waals surface area (Å²) in [5.74, 6) is 0.479. The molecular formula is C19H19BrFN5O3. The average molecular weight is 464 g/mol. The predicted molar refractivity (Wildman–Crippen MR) is 108 cm³/mol. The molecule has 0 saturated heterocycles. The number of hydrogen-bond donors (Lipinski definition) is 1. The van der Waals surface area contributed by atoms with Crippen LogP contribution >= 0.6 is 15.9 Å². The molecule has 8 nitrogen and oxygen atoms in total. The summed E-state index contributed by atoms with van der Waals surface area (Å²) in [7, 11) is 1.50. The molecule has 1 heterocycles. The Kier molecular flexibility index (Phi) is 6.42. The number of nitrogens with zero attached hydrogens (tertiary/aromatic N) is 4. The second kappa shape index (κ2) is 8.99. The van der Waals surface area contributed by atoms with Gasteiger partial charge >= 0.3 is 0 Å². The van der Waals surface area contributed by atoms with E-state index in [0.29, 0.717) is 39.7 Å².